The monoisotopic (exact) mass is 191 g/mol. The van der Waals surface area contributed by atoms with Crippen LogP contribution in [0.25, 0.3) is 0 Å². The van der Waals surface area contributed by atoms with Crippen LogP contribution in [0.4, 0.5) is 0 Å². The van der Waals surface area contributed by atoms with Gasteiger partial charge in [-0.05, 0) is 27.7 Å². The minimum absolute atomic E-state index is 0.231. The number of nitrogens with one attached hydrogen (secondary N) is 1. The first kappa shape index (κ1) is 12.8. The molecule has 0 fully saturated rings. The third-order valence-corrected chi connectivity index (χ3v) is 1.21. The molecule has 2 N–H and O–H groups in total. The lowest BCUT2D eigenvalue weighted by Crippen LogP contribution is -2.36. The van der Waals surface area contributed by atoms with E-state index in [1.54, 1.807) is 0 Å². The summed E-state index contributed by atoms with van der Waals surface area (Å²) in [5, 5.41) is 9.31. The highest BCUT2D eigenvalue weighted by Gasteiger charge is 2.11. The Kier molecular flexibility index (Phi) is 6.24. The first-order chi connectivity index (χ1) is 5.95. The van der Waals surface area contributed by atoms with Crippen LogP contribution < -0.4 is 5.48 Å². The van der Waals surface area contributed by atoms with Crippen LogP contribution in [0.3, 0.4) is 0 Å². The Morgan fingerprint density at radius 3 is 2.46 bits per heavy atom. The van der Waals surface area contributed by atoms with E-state index in [0.717, 1.165) is 0 Å². The summed E-state index contributed by atoms with van der Waals surface area (Å²) in [6, 6.07) is 0. The maximum absolute atomic E-state index is 9.31. The molecule has 4 heteroatoms. The fourth-order valence-corrected chi connectivity index (χ4v) is 0.667. The van der Waals surface area contributed by atoms with Gasteiger partial charge in [0.15, 0.2) is 0 Å². The Balaban J connectivity index is 3.31. The molecule has 0 aromatic rings. The summed E-state index contributed by atoms with van der Waals surface area (Å²) >= 11 is 0. The molecule has 0 bridgehead atoms. The fourth-order valence-electron chi connectivity index (χ4n) is 0.667. The Morgan fingerprint density at radius 1 is 1.38 bits per heavy atom. The van der Waals surface area contributed by atoms with Gasteiger partial charge < -0.3 is 9.84 Å². The zero-order valence-corrected chi connectivity index (χ0v) is 8.96. The standard InChI is InChI=1S/C9H21NO3/c1-5-12-7-8(11)6-10-13-9(2,3)4/h8,10-11H,5-7H2,1-4H3. The molecule has 0 aromatic heterocycles. The second-order valence-electron chi connectivity index (χ2n) is 3.88. The maximum atomic E-state index is 9.31. The summed E-state index contributed by atoms with van der Waals surface area (Å²) in [4.78, 5) is 5.21. The molecule has 0 spiro atoms. The molecule has 0 rings (SSSR count). The molecule has 0 saturated carbocycles. The van der Waals surface area contributed by atoms with E-state index in [1.165, 1.54) is 0 Å². The lowest BCUT2D eigenvalue weighted by molar-refractivity contribution is -0.0890. The van der Waals surface area contributed by atoms with Crippen molar-refractivity contribution in [3.05, 3.63) is 0 Å². The van der Waals surface area contributed by atoms with Crippen LogP contribution in [-0.2, 0) is 9.57 Å². The van der Waals surface area contributed by atoms with Gasteiger partial charge in [0.05, 0.1) is 18.3 Å². The fraction of sp³-hybridized carbons (Fsp3) is 1.00. The molecule has 0 radical (unpaired) electrons. The van der Waals surface area contributed by atoms with E-state index in [-0.39, 0.29) is 5.60 Å². The Hall–Kier alpha value is -0.160. The van der Waals surface area contributed by atoms with Crippen molar-refractivity contribution in [1.29, 1.82) is 0 Å². The molecule has 0 saturated heterocycles. The second kappa shape index (κ2) is 6.32. The summed E-state index contributed by atoms with van der Waals surface area (Å²) in [6.07, 6.45) is -0.512. The van der Waals surface area contributed by atoms with Gasteiger partial charge in [-0.1, -0.05) is 0 Å². The maximum Gasteiger partial charge on any atom is 0.0920 e. The van der Waals surface area contributed by atoms with E-state index in [2.05, 4.69) is 5.48 Å². The second-order valence-corrected chi connectivity index (χ2v) is 3.88. The van der Waals surface area contributed by atoms with Gasteiger partial charge in [-0.15, -0.1) is 0 Å². The molecule has 1 unspecified atom stereocenters. The minimum Gasteiger partial charge on any atom is -0.389 e. The van der Waals surface area contributed by atoms with E-state index >= 15 is 0 Å². The largest absolute Gasteiger partial charge is 0.389 e. The number of hydrogen-bond acceptors (Lipinski definition) is 4. The molecule has 0 amide bonds. The number of ether oxygens (including phenoxy) is 1. The average molecular weight is 191 g/mol. The van der Waals surface area contributed by atoms with Crippen molar-refractivity contribution in [3.8, 4) is 0 Å². The number of rotatable bonds is 6. The van der Waals surface area contributed by atoms with Gasteiger partial charge >= 0.3 is 0 Å². The molecule has 0 aromatic carbocycles. The van der Waals surface area contributed by atoms with E-state index in [9.17, 15) is 5.11 Å². The summed E-state index contributed by atoms with van der Waals surface area (Å²) in [5.41, 5.74) is 2.47. The molecule has 0 heterocycles. The van der Waals surface area contributed by atoms with Crippen molar-refractivity contribution in [2.75, 3.05) is 19.8 Å². The number of aliphatic hydroxyl groups excluding tert-OH is 1. The van der Waals surface area contributed by atoms with Crippen molar-refractivity contribution in [1.82, 2.24) is 5.48 Å². The van der Waals surface area contributed by atoms with Crippen LogP contribution in [0.2, 0.25) is 0 Å². The lowest BCUT2D eigenvalue weighted by atomic mass is 10.2. The highest BCUT2D eigenvalue weighted by molar-refractivity contribution is 4.58. The van der Waals surface area contributed by atoms with E-state index in [0.29, 0.717) is 19.8 Å². The number of hydrogen-bond donors (Lipinski definition) is 2. The summed E-state index contributed by atoms with van der Waals surface area (Å²) in [6.45, 7) is 9.07. The third kappa shape index (κ3) is 9.76. The average Bonchev–Trinajstić information content (AvgIpc) is 1.98. The van der Waals surface area contributed by atoms with Crippen molar-refractivity contribution in [3.63, 3.8) is 0 Å². The van der Waals surface area contributed by atoms with Gasteiger partial charge in [0.1, 0.15) is 0 Å². The Bertz CT molecular complexity index is 123. The Labute approximate surface area is 80.2 Å². The van der Waals surface area contributed by atoms with E-state index in [4.69, 9.17) is 9.57 Å². The van der Waals surface area contributed by atoms with Crippen molar-refractivity contribution in [2.24, 2.45) is 0 Å². The van der Waals surface area contributed by atoms with Gasteiger partial charge in [0, 0.05) is 13.2 Å². The van der Waals surface area contributed by atoms with Gasteiger partial charge in [-0.2, -0.15) is 5.48 Å². The van der Waals surface area contributed by atoms with Gasteiger partial charge in [0.25, 0.3) is 0 Å². The normalized spacial score (nSPS) is 14.5. The van der Waals surface area contributed by atoms with Crippen molar-refractivity contribution in [2.45, 2.75) is 39.4 Å². The van der Waals surface area contributed by atoms with Crippen LogP contribution in [0.15, 0.2) is 0 Å². The first-order valence-corrected chi connectivity index (χ1v) is 4.62. The molecule has 1 atom stereocenters. The van der Waals surface area contributed by atoms with Crippen LogP contribution >= 0.6 is 0 Å². The van der Waals surface area contributed by atoms with Crippen LogP contribution in [-0.4, -0.2) is 36.6 Å². The molecule has 4 nitrogen and oxygen atoms in total. The third-order valence-electron chi connectivity index (χ3n) is 1.21. The Morgan fingerprint density at radius 2 is 2.00 bits per heavy atom. The number of hydroxylamine groups is 1. The molecular formula is C9H21NO3. The van der Waals surface area contributed by atoms with Gasteiger partial charge in [-0.25, -0.2) is 0 Å². The quantitative estimate of drug-likeness (QED) is 0.607. The summed E-state index contributed by atoms with van der Waals surface area (Å²) in [7, 11) is 0. The summed E-state index contributed by atoms with van der Waals surface area (Å²) in [5.74, 6) is 0. The first-order valence-electron chi connectivity index (χ1n) is 4.62. The summed E-state index contributed by atoms with van der Waals surface area (Å²) < 4.78 is 5.03. The molecule has 0 aliphatic rings. The minimum atomic E-state index is -0.512. The SMILES string of the molecule is CCOCC(O)CNOC(C)(C)C. The van der Waals surface area contributed by atoms with Crippen molar-refractivity contribution >= 4 is 0 Å². The number of aliphatic hydroxyl groups is 1. The topological polar surface area (TPSA) is 50.7 Å². The smallest absolute Gasteiger partial charge is 0.0920 e. The highest BCUT2D eigenvalue weighted by Crippen LogP contribution is 2.03. The molecule has 0 aliphatic carbocycles. The molecule has 13 heavy (non-hydrogen) atoms. The van der Waals surface area contributed by atoms with Crippen LogP contribution in [0.1, 0.15) is 27.7 Å². The van der Waals surface area contributed by atoms with Gasteiger partial charge in [0.2, 0.25) is 0 Å². The predicted octanol–water partition coefficient (Wildman–Crippen LogP) is 0.703. The zero-order valence-electron chi connectivity index (χ0n) is 8.96. The van der Waals surface area contributed by atoms with E-state index in [1.807, 2.05) is 27.7 Å². The van der Waals surface area contributed by atoms with Crippen LogP contribution in [0.5, 0.6) is 0 Å². The predicted molar refractivity (Wildman–Crippen MR) is 51.3 cm³/mol. The van der Waals surface area contributed by atoms with E-state index < -0.39 is 6.10 Å². The van der Waals surface area contributed by atoms with Crippen molar-refractivity contribution < 1.29 is 14.7 Å². The molecule has 0 aliphatic heterocycles. The lowest BCUT2D eigenvalue weighted by Gasteiger charge is -2.20. The molecule has 80 valence electrons. The van der Waals surface area contributed by atoms with Gasteiger partial charge in [-0.3, -0.25) is 4.84 Å². The molecular weight excluding hydrogens is 170 g/mol. The van der Waals surface area contributed by atoms with Crippen LogP contribution in [0, 0.1) is 0 Å². The highest BCUT2D eigenvalue weighted by atomic mass is 16.7. The zero-order chi connectivity index (χ0) is 10.3.